The average molecular weight is 421 g/mol. The van der Waals surface area contributed by atoms with Crippen LogP contribution in [-0.4, -0.2) is 81.7 Å². The van der Waals surface area contributed by atoms with Gasteiger partial charge >= 0.3 is 0 Å². The molecule has 0 bridgehead atoms. The van der Waals surface area contributed by atoms with Crippen molar-refractivity contribution in [1.82, 2.24) is 19.6 Å². The Morgan fingerprint density at radius 3 is 1.33 bits per heavy atom. The Labute approximate surface area is 179 Å². The second-order valence-electron chi connectivity index (χ2n) is 9.96. The third kappa shape index (κ3) is 3.80. The first-order chi connectivity index (χ1) is 14.0. The van der Waals surface area contributed by atoms with Crippen LogP contribution in [0.4, 0.5) is 0 Å². The number of carbonyl (C=O) groups is 4. The van der Waals surface area contributed by atoms with E-state index in [4.69, 9.17) is 0 Å². The van der Waals surface area contributed by atoms with E-state index in [0.717, 1.165) is 0 Å². The zero-order valence-electron chi connectivity index (χ0n) is 19.2. The van der Waals surface area contributed by atoms with Crippen molar-refractivity contribution in [3.63, 3.8) is 0 Å². The molecular weight excluding hydrogens is 384 g/mol. The highest BCUT2D eigenvalue weighted by Gasteiger charge is 2.49. The van der Waals surface area contributed by atoms with Crippen molar-refractivity contribution in [2.75, 3.05) is 26.4 Å². The minimum atomic E-state index is -0.587. The fourth-order valence-electron chi connectivity index (χ4n) is 4.75. The first-order valence-corrected chi connectivity index (χ1v) is 11.1. The summed E-state index contributed by atoms with van der Waals surface area (Å²) in [4.78, 5) is 57.6. The second-order valence-corrected chi connectivity index (χ2v) is 9.96. The van der Waals surface area contributed by atoms with Crippen LogP contribution in [-0.2, 0) is 19.2 Å². The molecule has 3 rings (SSSR count). The molecule has 8 heteroatoms. The maximum Gasteiger partial charge on any atom is 0.236 e. The summed E-state index contributed by atoms with van der Waals surface area (Å²) in [7, 11) is 0. The molecule has 168 valence electrons. The van der Waals surface area contributed by atoms with Gasteiger partial charge in [-0.1, -0.05) is 27.7 Å². The molecule has 8 nitrogen and oxygen atoms in total. The van der Waals surface area contributed by atoms with Gasteiger partial charge in [0.1, 0.15) is 0 Å². The lowest BCUT2D eigenvalue weighted by atomic mass is 9.86. The Kier molecular flexibility index (Phi) is 6.13. The lowest BCUT2D eigenvalue weighted by molar-refractivity contribution is -0.149. The molecule has 3 heterocycles. The van der Waals surface area contributed by atoms with Gasteiger partial charge in [0.05, 0.1) is 24.2 Å². The highest BCUT2D eigenvalue weighted by atomic mass is 16.2. The predicted octanol–water partition coefficient (Wildman–Crippen LogP) is 1.65. The molecule has 0 spiro atoms. The number of hydrogen-bond donors (Lipinski definition) is 0. The molecule has 3 aliphatic heterocycles. The molecule has 0 aromatic carbocycles. The van der Waals surface area contributed by atoms with Gasteiger partial charge < -0.3 is 0 Å². The zero-order chi connectivity index (χ0) is 22.4. The smallest absolute Gasteiger partial charge is 0.236 e. The second kappa shape index (κ2) is 8.04. The van der Waals surface area contributed by atoms with E-state index < -0.39 is 10.8 Å². The van der Waals surface area contributed by atoms with Gasteiger partial charge in [-0.25, -0.2) is 0 Å². The van der Waals surface area contributed by atoms with E-state index in [2.05, 4.69) is 23.6 Å². The van der Waals surface area contributed by atoms with Gasteiger partial charge in [0.25, 0.3) is 0 Å². The van der Waals surface area contributed by atoms with Crippen LogP contribution in [0.2, 0.25) is 0 Å². The van der Waals surface area contributed by atoms with Crippen LogP contribution in [0.15, 0.2) is 0 Å². The number of amides is 4. The first-order valence-electron chi connectivity index (χ1n) is 11.1. The highest BCUT2D eigenvalue weighted by Crippen LogP contribution is 2.37. The van der Waals surface area contributed by atoms with Crippen LogP contribution in [0.25, 0.3) is 0 Å². The molecule has 3 aliphatic rings. The third-order valence-electron chi connectivity index (χ3n) is 7.66. The summed E-state index contributed by atoms with van der Waals surface area (Å²) in [6.07, 6.45) is 1.87. The van der Waals surface area contributed by atoms with Gasteiger partial charge in [0.15, 0.2) is 0 Å². The molecular formula is C22H36N4O4. The average Bonchev–Trinajstić information content (AvgIpc) is 3.04. The number of likely N-dealkylation sites (tertiary alicyclic amines) is 2. The lowest BCUT2D eigenvalue weighted by Crippen LogP contribution is -2.61. The standard InChI is InChI=1S/C22H36N4O4/c1-7-21(5)9-17(27)25(19(21)29)13-23-11-16(4)24(12-15(23)3)14-26-18(28)10-22(6,8-2)20(26)30/h15-16H,7-14H2,1-6H3. The van der Waals surface area contributed by atoms with Crippen LogP contribution in [0.3, 0.4) is 0 Å². The van der Waals surface area contributed by atoms with Crippen molar-refractivity contribution in [2.45, 2.75) is 79.3 Å². The van der Waals surface area contributed by atoms with Gasteiger partial charge in [-0.2, -0.15) is 0 Å². The first kappa shape index (κ1) is 22.9. The molecule has 0 saturated carbocycles. The summed E-state index contributed by atoms with van der Waals surface area (Å²) >= 11 is 0. The normalized spacial score (nSPS) is 36.5. The van der Waals surface area contributed by atoms with E-state index in [1.54, 1.807) is 0 Å². The van der Waals surface area contributed by atoms with Crippen molar-refractivity contribution in [3.05, 3.63) is 0 Å². The SMILES string of the molecule is CCC1(C)CC(=O)N(CN2CC(C)N(CN3C(=O)CC(C)(CC)C3=O)CC2C)C1=O. The Bertz CT molecular complexity index is 693. The lowest BCUT2D eigenvalue weighted by Gasteiger charge is -2.45. The van der Waals surface area contributed by atoms with Crippen molar-refractivity contribution in [2.24, 2.45) is 10.8 Å². The van der Waals surface area contributed by atoms with Crippen LogP contribution in [0, 0.1) is 10.8 Å². The van der Waals surface area contributed by atoms with E-state index >= 15 is 0 Å². The summed E-state index contributed by atoms with van der Waals surface area (Å²) in [5, 5.41) is 0. The molecule has 0 N–H and O–H groups in total. The summed E-state index contributed by atoms with van der Waals surface area (Å²) < 4.78 is 0. The Hall–Kier alpha value is -1.80. The van der Waals surface area contributed by atoms with Crippen LogP contribution < -0.4 is 0 Å². The van der Waals surface area contributed by atoms with Crippen LogP contribution >= 0.6 is 0 Å². The van der Waals surface area contributed by atoms with Gasteiger partial charge in [-0.15, -0.1) is 0 Å². The molecule has 3 fully saturated rings. The van der Waals surface area contributed by atoms with Crippen molar-refractivity contribution in [1.29, 1.82) is 0 Å². The number of hydrogen-bond acceptors (Lipinski definition) is 6. The quantitative estimate of drug-likeness (QED) is 0.608. The number of imide groups is 2. The van der Waals surface area contributed by atoms with Crippen molar-refractivity contribution < 1.29 is 19.2 Å². The summed E-state index contributed by atoms with van der Waals surface area (Å²) in [6.45, 7) is 13.7. The molecule has 0 aromatic heterocycles. The monoisotopic (exact) mass is 420 g/mol. The number of carbonyl (C=O) groups excluding carboxylic acids is 4. The molecule has 4 amide bonds. The Balaban J connectivity index is 1.64. The minimum absolute atomic E-state index is 0.0793. The molecule has 0 radical (unpaired) electrons. The number of rotatable bonds is 6. The van der Waals surface area contributed by atoms with Crippen LogP contribution in [0.1, 0.15) is 67.2 Å². The number of nitrogens with zero attached hydrogens (tertiary/aromatic N) is 4. The largest absolute Gasteiger partial charge is 0.280 e. The highest BCUT2D eigenvalue weighted by molar-refractivity contribution is 6.06. The topological polar surface area (TPSA) is 81.2 Å². The Morgan fingerprint density at radius 2 is 1.07 bits per heavy atom. The van der Waals surface area contributed by atoms with Crippen LogP contribution in [0.5, 0.6) is 0 Å². The molecule has 3 saturated heterocycles. The van der Waals surface area contributed by atoms with E-state index in [0.29, 0.717) is 39.3 Å². The molecule has 0 aromatic rings. The molecule has 30 heavy (non-hydrogen) atoms. The molecule has 4 unspecified atom stereocenters. The number of piperazine rings is 1. The van der Waals surface area contributed by atoms with Gasteiger partial charge in [-0.05, 0) is 26.7 Å². The predicted molar refractivity (Wildman–Crippen MR) is 112 cm³/mol. The van der Waals surface area contributed by atoms with Gasteiger partial charge in [0.2, 0.25) is 23.6 Å². The van der Waals surface area contributed by atoms with Gasteiger partial charge in [0, 0.05) is 38.0 Å². The summed E-state index contributed by atoms with van der Waals surface area (Å²) in [5.74, 6) is -0.355. The summed E-state index contributed by atoms with van der Waals surface area (Å²) in [6, 6.07) is 0.196. The van der Waals surface area contributed by atoms with E-state index in [9.17, 15) is 19.2 Å². The molecule has 0 aliphatic carbocycles. The van der Waals surface area contributed by atoms with E-state index in [-0.39, 0.29) is 48.6 Å². The van der Waals surface area contributed by atoms with E-state index in [1.807, 2.05) is 27.7 Å². The maximum absolute atomic E-state index is 12.8. The van der Waals surface area contributed by atoms with Crippen molar-refractivity contribution >= 4 is 23.6 Å². The fourth-order valence-corrected chi connectivity index (χ4v) is 4.75. The third-order valence-corrected chi connectivity index (χ3v) is 7.66. The minimum Gasteiger partial charge on any atom is -0.280 e. The maximum atomic E-state index is 12.8. The molecule has 4 atom stereocenters. The van der Waals surface area contributed by atoms with Crippen molar-refractivity contribution in [3.8, 4) is 0 Å². The van der Waals surface area contributed by atoms with E-state index in [1.165, 1.54) is 9.80 Å². The fraction of sp³-hybridized carbons (Fsp3) is 0.818. The zero-order valence-corrected chi connectivity index (χ0v) is 19.2. The Morgan fingerprint density at radius 1 is 0.733 bits per heavy atom. The van der Waals surface area contributed by atoms with Gasteiger partial charge in [-0.3, -0.25) is 38.8 Å². The summed E-state index contributed by atoms with van der Waals surface area (Å²) in [5.41, 5.74) is -1.17.